The third-order valence-corrected chi connectivity index (χ3v) is 6.14. The fourth-order valence-corrected chi connectivity index (χ4v) is 4.32. The van der Waals surface area contributed by atoms with Crippen molar-refractivity contribution in [3.8, 4) is 0 Å². The van der Waals surface area contributed by atoms with Crippen molar-refractivity contribution >= 4 is 51.5 Å². The molecule has 1 N–H and O–H groups in total. The molecule has 0 radical (unpaired) electrons. The van der Waals surface area contributed by atoms with Gasteiger partial charge in [0.2, 0.25) is 5.91 Å². The number of hydrogen-bond donors (Lipinski definition) is 1. The highest BCUT2D eigenvalue weighted by Crippen LogP contribution is 2.22. The van der Waals surface area contributed by atoms with Crippen LogP contribution in [-0.4, -0.2) is 21.2 Å². The Morgan fingerprint density at radius 1 is 1.48 bits per heavy atom. The Hall–Kier alpha value is -2.09. The van der Waals surface area contributed by atoms with Crippen molar-refractivity contribution in [2.24, 2.45) is 0 Å². The van der Waals surface area contributed by atoms with Crippen molar-refractivity contribution in [2.45, 2.75) is 24.7 Å². The van der Waals surface area contributed by atoms with Gasteiger partial charge in [0, 0.05) is 16.4 Å². The molecular weight excluding hydrogens is 402 g/mol. The molecule has 3 aromatic rings. The van der Waals surface area contributed by atoms with E-state index in [-0.39, 0.29) is 23.3 Å². The summed E-state index contributed by atoms with van der Waals surface area (Å²) in [5.74, 6) is 0.0391. The average molecular weight is 420 g/mol. The summed E-state index contributed by atoms with van der Waals surface area (Å²) in [4.78, 5) is 30.7. The van der Waals surface area contributed by atoms with Gasteiger partial charge in [0.05, 0.1) is 22.7 Å². The van der Waals surface area contributed by atoms with E-state index in [1.54, 1.807) is 35.6 Å². The van der Waals surface area contributed by atoms with E-state index in [4.69, 9.17) is 11.6 Å². The monoisotopic (exact) mass is 419 g/mol. The van der Waals surface area contributed by atoms with Crippen LogP contribution in [0.3, 0.4) is 0 Å². The number of fused-ring (bicyclic) bond motifs is 1. The van der Waals surface area contributed by atoms with Crippen LogP contribution in [-0.2, 0) is 11.3 Å². The maximum absolute atomic E-state index is 12.7. The SMILES string of the molecule is C=CCn1c(SCC(=O)NC(C)c2cccs2)nc2cc(Cl)ccc2c1=O. The van der Waals surface area contributed by atoms with E-state index in [0.29, 0.717) is 27.6 Å². The van der Waals surface area contributed by atoms with Crippen molar-refractivity contribution in [1.82, 2.24) is 14.9 Å². The van der Waals surface area contributed by atoms with Gasteiger partial charge in [-0.25, -0.2) is 4.98 Å². The van der Waals surface area contributed by atoms with Gasteiger partial charge >= 0.3 is 0 Å². The lowest BCUT2D eigenvalue weighted by Gasteiger charge is -2.14. The number of amides is 1. The number of nitrogens with zero attached hydrogens (tertiary/aromatic N) is 2. The second-order valence-electron chi connectivity index (χ2n) is 5.85. The molecule has 0 saturated heterocycles. The third kappa shape index (κ3) is 4.61. The van der Waals surface area contributed by atoms with E-state index in [0.717, 1.165) is 4.88 Å². The molecule has 3 rings (SSSR count). The summed E-state index contributed by atoms with van der Waals surface area (Å²) in [7, 11) is 0. The smallest absolute Gasteiger partial charge is 0.262 e. The lowest BCUT2D eigenvalue weighted by molar-refractivity contribution is -0.119. The first-order valence-corrected chi connectivity index (χ1v) is 10.5. The zero-order valence-corrected chi connectivity index (χ0v) is 17.0. The average Bonchev–Trinajstić information content (AvgIpc) is 3.17. The number of carbonyl (C=O) groups excluding carboxylic acids is 1. The first kappa shape index (κ1) is 19.7. The van der Waals surface area contributed by atoms with Gasteiger partial charge in [-0.1, -0.05) is 35.5 Å². The molecule has 140 valence electrons. The molecule has 2 aromatic heterocycles. The number of benzene rings is 1. The fourth-order valence-electron chi connectivity index (χ4n) is 2.60. The molecule has 1 unspecified atom stereocenters. The standard InChI is InChI=1S/C19H18ClN3O2S2/c1-3-8-23-18(25)14-7-6-13(20)10-15(14)22-19(23)27-11-17(24)21-12(2)16-5-4-9-26-16/h3-7,9-10,12H,1,8,11H2,2H3,(H,21,24). The first-order valence-electron chi connectivity index (χ1n) is 8.26. The topological polar surface area (TPSA) is 64.0 Å². The van der Waals surface area contributed by atoms with E-state index >= 15 is 0 Å². The number of nitrogens with one attached hydrogen (secondary N) is 1. The molecular formula is C19H18ClN3O2S2. The fraction of sp³-hybridized carbons (Fsp3) is 0.211. The molecule has 1 aromatic carbocycles. The molecule has 0 aliphatic carbocycles. The molecule has 0 spiro atoms. The van der Waals surface area contributed by atoms with Gasteiger partial charge in [0.15, 0.2) is 5.16 Å². The van der Waals surface area contributed by atoms with Crippen molar-refractivity contribution < 1.29 is 4.79 Å². The van der Waals surface area contributed by atoms with Crippen LogP contribution >= 0.6 is 34.7 Å². The number of carbonyl (C=O) groups is 1. The Kier molecular flexibility index (Phi) is 6.36. The summed E-state index contributed by atoms with van der Waals surface area (Å²) in [6.07, 6.45) is 1.63. The Morgan fingerprint density at radius 3 is 3.00 bits per heavy atom. The van der Waals surface area contributed by atoms with Crippen LogP contribution in [0, 0.1) is 0 Å². The molecule has 5 nitrogen and oxygen atoms in total. The Balaban J connectivity index is 1.80. The van der Waals surface area contributed by atoms with Gasteiger partial charge in [-0.15, -0.1) is 17.9 Å². The molecule has 0 aliphatic rings. The number of halogens is 1. The van der Waals surface area contributed by atoms with E-state index < -0.39 is 0 Å². The normalized spacial score (nSPS) is 12.1. The highest BCUT2D eigenvalue weighted by molar-refractivity contribution is 7.99. The minimum atomic E-state index is -0.175. The highest BCUT2D eigenvalue weighted by atomic mass is 35.5. The van der Waals surface area contributed by atoms with Gasteiger partial charge < -0.3 is 5.32 Å². The summed E-state index contributed by atoms with van der Waals surface area (Å²) in [5, 5.41) is 6.40. The summed E-state index contributed by atoms with van der Waals surface area (Å²) < 4.78 is 1.52. The largest absolute Gasteiger partial charge is 0.348 e. The van der Waals surface area contributed by atoms with Gasteiger partial charge in [0.25, 0.3) is 5.56 Å². The second-order valence-corrected chi connectivity index (χ2v) is 8.21. The van der Waals surface area contributed by atoms with Crippen molar-refractivity contribution in [3.63, 3.8) is 0 Å². The number of rotatable bonds is 7. The number of hydrogen-bond acceptors (Lipinski definition) is 5. The molecule has 8 heteroatoms. The van der Waals surface area contributed by atoms with Gasteiger partial charge in [-0.3, -0.25) is 14.2 Å². The minimum absolute atomic E-state index is 0.0585. The maximum atomic E-state index is 12.7. The van der Waals surface area contributed by atoms with E-state index in [2.05, 4.69) is 16.9 Å². The molecule has 1 atom stereocenters. The lowest BCUT2D eigenvalue weighted by Crippen LogP contribution is -2.28. The molecule has 0 aliphatic heterocycles. The predicted molar refractivity (Wildman–Crippen MR) is 113 cm³/mol. The van der Waals surface area contributed by atoms with Crippen LogP contribution in [0.4, 0.5) is 0 Å². The summed E-state index contributed by atoms with van der Waals surface area (Å²) in [6.45, 7) is 5.96. The number of aromatic nitrogens is 2. The summed E-state index contributed by atoms with van der Waals surface area (Å²) in [6, 6.07) is 8.86. The van der Waals surface area contributed by atoms with E-state index in [1.165, 1.54) is 16.3 Å². The van der Waals surface area contributed by atoms with Gasteiger partial charge in [0.1, 0.15) is 0 Å². The maximum Gasteiger partial charge on any atom is 0.262 e. The molecule has 0 fully saturated rings. The van der Waals surface area contributed by atoms with Crippen LogP contribution in [0.25, 0.3) is 10.9 Å². The van der Waals surface area contributed by atoms with E-state index in [9.17, 15) is 9.59 Å². The van der Waals surface area contributed by atoms with E-state index in [1.807, 2.05) is 24.4 Å². The van der Waals surface area contributed by atoms with Crippen LogP contribution in [0.15, 0.2) is 58.3 Å². The number of thiophene rings is 1. The molecule has 0 saturated carbocycles. The van der Waals surface area contributed by atoms with Crippen molar-refractivity contribution in [2.75, 3.05) is 5.75 Å². The Morgan fingerprint density at radius 2 is 2.30 bits per heavy atom. The lowest BCUT2D eigenvalue weighted by atomic mass is 10.2. The number of allylic oxidation sites excluding steroid dienone is 1. The quantitative estimate of drug-likeness (QED) is 0.353. The van der Waals surface area contributed by atoms with Crippen LogP contribution in [0.1, 0.15) is 17.8 Å². The first-order chi connectivity index (χ1) is 13.0. The van der Waals surface area contributed by atoms with Crippen LogP contribution < -0.4 is 10.9 Å². The number of thioether (sulfide) groups is 1. The summed E-state index contributed by atoms with van der Waals surface area (Å²) in [5.41, 5.74) is 0.342. The minimum Gasteiger partial charge on any atom is -0.348 e. The summed E-state index contributed by atoms with van der Waals surface area (Å²) >= 11 is 8.84. The van der Waals surface area contributed by atoms with Crippen LogP contribution in [0.2, 0.25) is 5.02 Å². The van der Waals surface area contributed by atoms with Crippen LogP contribution in [0.5, 0.6) is 0 Å². The predicted octanol–water partition coefficient (Wildman–Crippen LogP) is 4.27. The third-order valence-electron chi connectivity index (χ3n) is 3.87. The van der Waals surface area contributed by atoms with Gasteiger partial charge in [-0.2, -0.15) is 0 Å². The zero-order valence-electron chi connectivity index (χ0n) is 14.6. The highest BCUT2D eigenvalue weighted by Gasteiger charge is 2.15. The zero-order chi connectivity index (χ0) is 19.4. The Labute approximate surface area is 170 Å². The van der Waals surface area contributed by atoms with Crippen molar-refractivity contribution in [1.29, 1.82) is 0 Å². The molecule has 0 bridgehead atoms. The molecule has 27 heavy (non-hydrogen) atoms. The van der Waals surface area contributed by atoms with Crippen molar-refractivity contribution in [3.05, 3.63) is 68.6 Å². The van der Waals surface area contributed by atoms with Gasteiger partial charge in [-0.05, 0) is 36.6 Å². The Bertz CT molecular complexity index is 1030. The molecule has 1 amide bonds. The molecule has 2 heterocycles. The second kappa shape index (κ2) is 8.73.